The van der Waals surface area contributed by atoms with Gasteiger partial charge in [-0.15, -0.1) is 0 Å². The van der Waals surface area contributed by atoms with Gasteiger partial charge in [-0.1, -0.05) is 27.7 Å². The number of carbonyl (C=O) groups excluding carboxylic acids is 1. The first-order chi connectivity index (χ1) is 9.84. The fraction of sp³-hybridized carbons (Fsp3) is 0.944. The summed E-state index contributed by atoms with van der Waals surface area (Å²) in [7, 11) is 0. The number of nitrogens with zero attached hydrogens (tertiary/aromatic N) is 1. The van der Waals surface area contributed by atoms with E-state index in [1.807, 2.05) is 0 Å². The molecule has 122 valence electrons. The van der Waals surface area contributed by atoms with E-state index in [-0.39, 0.29) is 12.0 Å². The highest BCUT2D eigenvalue weighted by Crippen LogP contribution is 2.40. The molecule has 2 rings (SSSR count). The summed E-state index contributed by atoms with van der Waals surface area (Å²) in [6.45, 7) is 10.8. The van der Waals surface area contributed by atoms with Gasteiger partial charge in [0, 0.05) is 25.0 Å². The molecule has 2 fully saturated rings. The number of likely N-dealkylation sites (tertiary alicyclic amines) is 1. The van der Waals surface area contributed by atoms with E-state index >= 15 is 0 Å². The lowest BCUT2D eigenvalue weighted by Gasteiger charge is -2.43. The van der Waals surface area contributed by atoms with Crippen molar-refractivity contribution in [2.75, 3.05) is 13.1 Å². The number of hydrogen-bond acceptors (Lipinski definition) is 2. The third-order valence-corrected chi connectivity index (χ3v) is 5.94. The fourth-order valence-corrected chi connectivity index (χ4v) is 4.32. The van der Waals surface area contributed by atoms with E-state index in [0.29, 0.717) is 23.8 Å². The molecular weight excluding hydrogens is 260 g/mol. The van der Waals surface area contributed by atoms with Gasteiger partial charge in [0.1, 0.15) is 0 Å². The highest BCUT2D eigenvalue weighted by atomic mass is 16.2. The summed E-state index contributed by atoms with van der Waals surface area (Å²) in [4.78, 5) is 15.0. The van der Waals surface area contributed by atoms with Crippen LogP contribution in [0.25, 0.3) is 0 Å². The molecule has 1 amide bonds. The highest BCUT2D eigenvalue weighted by Gasteiger charge is 2.37. The van der Waals surface area contributed by atoms with Gasteiger partial charge in [0.15, 0.2) is 0 Å². The normalized spacial score (nSPS) is 34.8. The van der Waals surface area contributed by atoms with Crippen LogP contribution in [0.2, 0.25) is 0 Å². The van der Waals surface area contributed by atoms with Crippen LogP contribution in [0, 0.1) is 23.2 Å². The molecule has 2 atom stereocenters. The number of carbonyl (C=O) groups is 1. The molecule has 1 aliphatic carbocycles. The maximum Gasteiger partial charge on any atom is 0.225 e. The Morgan fingerprint density at radius 1 is 1.14 bits per heavy atom. The Morgan fingerprint density at radius 3 is 2.29 bits per heavy atom. The molecule has 1 saturated carbocycles. The van der Waals surface area contributed by atoms with Crippen LogP contribution in [-0.2, 0) is 4.79 Å². The Bertz CT molecular complexity index is 353. The zero-order valence-electron chi connectivity index (χ0n) is 14.4. The summed E-state index contributed by atoms with van der Waals surface area (Å²) in [5.74, 6) is 1.97. The van der Waals surface area contributed by atoms with Gasteiger partial charge >= 0.3 is 0 Å². The van der Waals surface area contributed by atoms with Crippen LogP contribution >= 0.6 is 0 Å². The van der Waals surface area contributed by atoms with Crippen LogP contribution in [0.1, 0.15) is 66.2 Å². The van der Waals surface area contributed by atoms with Crippen LogP contribution in [0.15, 0.2) is 0 Å². The largest absolute Gasteiger partial charge is 0.338 e. The predicted octanol–water partition coefficient (Wildman–Crippen LogP) is 3.42. The monoisotopic (exact) mass is 294 g/mol. The summed E-state index contributed by atoms with van der Waals surface area (Å²) < 4.78 is 0. The standard InChI is InChI=1S/C18H34N2O/c1-13-6-5-11-20(16(13)12-19)17(21)14-7-9-15(10-8-14)18(2,3)4/h13-16H,5-12,19H2,1-4H3. The van der Waals surface area contributed by atoms with E-state index < -0.39 is 0 Å². The van der Waals surface area contributed by atoms with Gasteiger partial charge in [-0.05, 0) is 55.8 Å². The van der Waals surface area contributed by atoms with E-state index in [0.717, 1.165) is 31.7 Å². The molecule has 3 nitrogen and oxygen atoms in total. The second-order valence-corrected chi connectivity index (χ2v) is 8.37. The maximum absolute atomic E-state index is 12.9. The van der Waals surface area contributed by atoms with Gasteiger partial charge in [-0.3, -0.25) is 4.79 Å². The molecule has 1 saturated heterocycles. The van der Waals surface area contributed by atoms with Crippen molar-refractivity contribution in [3.63, 3.8) is 0 Å². The Kier molecular flexibility index (Phi) is 5.34. The molecule has 21 heavy (non-hydrogen) atoms. The second kappa shape index (κ2) is 6.68. The van der Waals surface area contributed by atoms with Gasteiger partial charge in [0.05, 0.1) is 0 Å². The smallest absolute Gasteiger partial charge is 0.225 e. The van der Waals surface area contributed by atoms with E-state index in [2.05, 4.69) is 32.6 Å². The van der Waals surface area contributed by atoms with E-state index in [1.165, 1.54) is 19.3 Å². The molecule has 0 radical (unpaired) electrons. The molecule has 2 unspecified atom stereocenters. The van der Waals surface area contributed by atoms with Crippen molar-refractivity contribution in [2.45, 2.75) is 72.3 Å². The average molecular weight is 294 g/mol. The molecule has 0 spiro atoms. The van der Waals surface area contributed by atoms with E-state index in [9.17, 15) is 4.79 Å². The minimum Gasteiger partial charge on any atom is -0.338 e. The van der Waals surface area contributed by atoms with Crippen molar-refractivity contribution in [2.24, 2.45) is 28.9 Å². The number of hydrogen-bond donors (Lipinski definition) is 1. The molecule has 0 aromatic carbocycles. The zero-order valence-corrected chi connectivity index (χ0v) is 14.4. The van der Waals surface area contributed by atoms with Crippen LogP contribution < -0.4 is 5.73 Å². The molecule has 1 heterocycles. The van der Waals surface area contributed by atoms with Crippen LogP contribution in [0.3, 0.4) is 0 Å². The lowest BCUT2D eigenvalue weighted by Crippen LogP contribution is -2.53. The topological polar surface area (TPSA) is 46.3 Å². The van der Waals surface area contributed by atoms with Crippen LogP contribution in [0.4, 0.5) is 0 Å². The number of piperidine rings is 1. The van der Waals surface area contributed by atoms with Crippen molar-refractivity contribution in [3.8, 4) is 0 Å². The van der Waals surface area contributed by atoms with Crippen molar-refractivity contribution in [1.29, 1.82) is 0 Å². The number of amides is 1. The molecule has 1 aliphatic heterocycles. The van der Waals surface area contributed by atoms with Gasteiger partial charge in [-0.2, -0.15) is 0 Å². The molecule has 0 aromatic heterocycles. The quantitative estimate of drug-likeness (QED) is 0.848. The first-order valence-electron chi connectivity index (χ1n) is 8.85. The molecule has 2 aliphatic rings. The van der Waals surface area contributed by atoms with Gasteiger partial charge < -0.3 is 10.6 Å². The first kappa shape index (κ1) is 16.8. The third-order valence-electron chi connectivity index (χ3n) is 5.94. The Hall–Kier alpha value is -0.570. The Morgan fingerprint density at radius 2 is 1.76 bits per heavy atom. The number of rotatable bonds is 2. The first-order valence-corrected chi connectivity index (χ1v) is 8.85. The molecular formula is C18H34N2O. The summed E-state index contributed by atoms with van der Waals surface area (Å²) in [5, 5.41) is 0. The van der Waals surface area contributed by atoms with Crippen molar-refractivity contribution in [1.82, 2.24) is 4.90 Å². The molecule has 0 aromatic rings. The predicted molar refractivity (Wildman–Crippen MR) is 87.9 cm³/mol. The summed E-state index contributed by atoms with van der Waals surface area (Å²) in [5.41, 5.74) is 6.32. The zero-order chi connectivity index (χ0) is 15.6. The van der Waals surface area contributed by atoms with Crippen molar-refractivity contribution in [3.05, 3.63) is 0 Å². The average Bonchev–Trinajstić information content (AvgIpc) is 2.45. The summed E-state index contributed by atoms with van der Waals surface area (Å²) >= 11 is 0. The van der Waals surface area contributed by atoms with Gasteiger partial charge in [0.25, 0.3) is 0 Å². The minimum atomic E-state index is 0.253. The highest BCUT2D eigenvalue weighted by molar-refractivity contribution is 5.79. The second-order valence-electron chi connectivity index (χ2n) is 8.37. The minimum absolute atomic E-state index is 0.253. The van der Waals surface area contributed by atoms with E-state index in [4.69, 9.17) is 5.73 Å². The molecule has 2 N–H and O–H groups in total. The summed E-state index contributed by atoms with van der Waals surface area (Å²) in [6, 6.07) is 0.270. The van der Waals surface area contributed by atoms with Crippen molar-refractivity contribution >= 4 is 5.91 Å². The maximum atomic E-state index is 12.9. The van der Waals surface area contributed by atoms with Gasteiger partial charge in [0.2, 0.25) is 5.91 Å². The lowest BCUT2D eigenvalue weighted by molar-refractivity contribution is -0.142. The van der Waals surface area contributed by atoms with Crippen molar-refractivity contribution < 1.29 is 4.79 Å². The van der Waals surface area contributed by atoms with Crippen LogP contribution in [-0.4, -0.2) is 29.9 Å². The SMILES string of the molecule is CC1CCCN(C(=O)C2CCC(C(C)(C)C)CC2)C1CN. The fourth-order valence-electron chi connectivity index (χ4n) is 4.32. The number of nitrogens with two attached hydrogens (primary N) is 1. The van der Waals surface area contributed by atoms with Gasteiger partial charge in [-0.25, -0.2) is 0 Å². The summed E-state index contributed by atoms with van der Waals surface area (Å²) in [6.07, 6.45) is 6.90. The van der Waals surface area contributed by atoms with Crippen LogP contribution in [0.5, 0.6) is 0 Å². The third kappa shape index (κ3) is 3.80. The lowest BCUT2D eigenvalue weighted by atomic mass is 9.69. The Balaban J connectivity index is 1.95. The van der Waals surface area contributed by atoms with E-state index in [1.54, 1.807) is 0 Å². The molecule has 3 heteroatoms. The Labute approximate surface area is 130 Å². The molecule has 0 bridgehead atoms.